The van der Waals surface area contributed by atoms with E-state index in [1.165, 1.54) is 32.5 Å². The van der Waals surface area contributed by atoms with E-state index in [1.54, 1.807) is 0 Å². The summed E-state index contributed by atoms with van der Waals surface area (Å²) in [6.45, 7) is 6.36. The van der Waals surface area contributed by atoms with Gasteiger partial charge in [-0.25, -0.2) is 0 Å². The molecule has 13 heavy (non-hydrogen) atoms. The summed E-state index contributed by atoms with van der Waals surface area (Å²) >= 11 is 0. The molecule has 2 heteroatoms. The minimum absolute atomic E-state index is 0.883. The number of nitrogens with zero attached hydrogens (tertiary/aromatic N) is 2. The van der Waals surface area contributed by atoms with E-state index < -0.39 is 0 Å². The number of rotatable bonds is 2. The van der Waals surface area contributed by atoms with Crippen LogP contribution in [0, 0.1) is 11.8 Å². The van der Waals surface area contributed by atoms with Crippen molar-refractivity contribution in [1.82, 2.24) is 9.80 Å². The molecule has 2 heterocycles. The lowest BCUT2D eigenvalue weighted by molar-refractivity contribution is 0.103. The van der Waals surface area contributed by atoms with Crippen LogP contribution in [-0.4, -0.2) is 49.6 Å². The molecule has 2 rings (SSSR count). The van der Waals surface area contributed by atoms with E-state index in [2.05, 4.69) is 30.8 Å². The Morgan fingerprint density at radius 1 is 1.15 bits per heavy atom. The van der Waals surface area contributed by atoms with Crippen molar-refractivity contribution in [3.05, 3.63) is 0 Å². The minimum atomic E-state index is 0.883. The van der Waals surface area contributed by atoms with Crippen molar-refractivity contribution in [2.24, 2.45) is 11.8 Å². The molecule has 0 spiro atoms. The molecule has 2 nitrogen and oxygen atoms in total. The second-order valence-corrected chi connectivity index (χ2v) is 5.26. The molecule has 1 unspecified atom stereocenters. The minimum Gasteiger partial charge on any atom is -0.306 e. The lowest BCUT2D eigenvalue weighted by Crippen LogP contribution is -2.46. The predicted molar refractivity (Wildman–Crippen MR) is 55.8 cm³/mol. The third-order valence-corrected chi connectivity index (χ3v) is 3.64. The van der Waals surface area contributed by atoms with Gasteiger partial charge in [0.15, 0.2) is 0 Å². The van der Waals surface area contributed by atoms with Crippen LogP contribution in [0.25, 0.3) is 0 Å². The van der Waals surface area contributed by atoms with Crippen LogP contribution in [0.2, 0.25) is 0 Å². The fraction of sp³-hybridized carbons (Fsp3) is 1.00. The maximum atomic E-state index is 2.56. The molecule has 2 atom stereocenters. The molecular formula is C11H22N2. The van der Waals surface area contributed by atoms with Gasteiger partial charge in [0.25, 0.3) is 0 Å². The molecular weight excluding hydrogens is 160 g/mol. The first kappa shape index (κ1) is 9.47. The SMILES string of the molecule is C[C@@H]1CC(CC2CN(C)C2)N(C)C1. The average molecular weight is 182 g/mol. The first-order chi connectivity index (χ1) is 6.15. The molecule has 2 fully saturated rings. The molecule has 0 aliphatic carbocycles. The van der Waals surface area contributed by atoms with E-state index in [0.717, 1.165) is 17.9 Å². The van der Waals surface area contributed by atoms with Gasteiger partial charge in [-0.1, -0.05) is 6.92 Å². The van der Waals surface area contributed by atoms with Gasteiger partial charge in [0.05, 0.1) is 0 Å². The lowest BCUT2D eigenvalue weighted by Gasteiger charge is -2.38. The maximum absolute atomic E-state index is 2.56. The van der Waals surface area contributed by atoms with Gasteiger partial charge < -0.3 is 9.80 Å². The highest BCUT2D eigenvalue weighted by atomic mass is 15.2. The summed E-state index contributed by atoms with van der Waals surface area (Å²) in [4.78, 5) is 4.98. The largest absolute Gasteiger partial charge is 0.306 e. The van der Waals surface area contributed by atoms with E-state index >= 15 is 0 Å². The predicted octanol–water partition coefficient (Wildman–Crippen LogP) is 1.28. The Balaban J connectivity index is 1.75. The molecule has 2 saturated heterocycles. The van der Waals surface area contributed by atoms with Crippen LogP contribution in [0.3, 0.4) is 0 Å². The summed E-state index contributed by atoms with van der Waals surface area (Å²) in [5.41, 5.74) is 0. The fourth-order valence-electron chi connectivity index (χ4n) is 3.00. The van der Waals surface area contributed by atoms with Gasteiger partial charge in [-0.05, 0) is 38.8 Å². The Labute approximate surface area is 81.9 Å². The molecule has 2 aliphatic heterocycles. The highest BCUT2D eigenvalue weighted by Crippen LogP contribution is 2.28. The number of likely N-dealkylation sites (tertiary alicyclic amines) is 2. The van der Waals surface area contributed by atoms with Crippen molar-refractivity contribution in [1.29, 1.82) is 0 Å². The van der Waals surface area contributed by atoms with Crippen molar-refractivity contribution < 1.29 is 0 Å². The van der Waals surface area contributed by atoms with Crippen molar-refractivity contribution in [2.75, 3.05) is 33.7 Å². The molecule has 0 saturated carbocycles. The van der Waals surface area contributed by atoms with Crippen molar-refractivity contribution in [3.8, 4) is 0 Å². The normalized spacial score (nSPS) is 38.1. The standard InChI is InChI=1S/C11H22N2/c1-9-4-11(13(3)6-9)5-10-7-12(2)8-10/h9-11H,4-8H2,1-3H3/t9-,11?/m1/s1. The summed E-state index contributed by atoms with van der Waals surface area (Å²) in [7, 11) is 4.51. The van der Waals surface area contributed by atoms with E-state index in [0.29, 0.717) is 0 Å². The molecule has 0 aromatic carbocycles. The van der Waals surface area contributed by atoms with Gasteiger partial charge in [0.1, 0.15) is 0 Å². The smallest absolute Gasteiger partial charge is 0.00989 e. The summed E-state index contributed by atoms with van der Waals surface area (Å²) in [5.74, 6) is 1.91. The average Bonchev–Trinajstić information content (AvgIpc) is 2.27. The Hall–Kier alpha value is -0.0800. The van der Waals surface area contributed by atoms with Crippen molar-refractivity contribution in [3.63, 3.8) is 0 Å². The summed E-state index contributed by atoms with van der Waals surface area (Å²) in [6, 6.07) is 0.883. The number of hydrogen-bond acceptors (Lipinski definition) is 2. The van der Waals surface area contributed by atoms with Crippen molar-refractivity contribution >= 4 is 0 Å². The molecule has 0 aromatic heterocycles. The van der Waals surface area contributed by atoms with E-state index in [1.807, 2.05) is 0 Å². The second-order valence-electron chi connectivity index (χ2n) is 5.26. The molecule has 0 amide bonds. The monoisotopic (exact) mass is 182 g/mol. The maximum Gasteiger partial charge on any atom is 0.00989 e. The Kier molecular flexibility index (Phi) is 2.61. The van der Waals surface area contributed by atoms with Crippen LogP contribution in [-0.2, 0) is 0 Å². The molecule has 0 N–H and O–H groups in total. The summed E-state index contributed by atoms with van der Waals surface area (Å²) in [6.07, 6.45) is 2.86. The molecule has 0 aromatic rings. The molecule has 0 radical (unpaired) electrons. The van der Waals surface area contributed by atoms with Gasteiger partial charge in [-0.2, -0.15) is 0 Å². The van der Waals surface area contributed by atoms with Gasteiger partial charge in [0, 0.05) is 25.7 Å². The van der Waals surface area contributed by atoms with Crippen LogP contribution in [0.4, 0.5) is 0 Å². The molecule has 76 valence electrons. The van der Waals surface area contributed by atoms with E-state index in [-0.39, 0.29) is 0 Å². The van der Waals surface area contributed by atoms with E-state index in [4.69, 9.17) is 0 Å². The quantitative estimate of drug-likeness (QED) is 0.635. The third kappa shape index (κ3) is 2.05. The fourth-order valence-corrected chi connectivity index (χ4v) is 3.00. The summed E-state index contributed by atoms with van der Waals surface area (Å²) < 4.78 is 0. The van der Waals surface area contributed by atoms with Gasteiger partial charge in [0.2, 0.25) is 0 Å². The molecule has 0 bridgehead atoms. The van der Waals surface area contributed by atoms with Crippen LogP contribution >= 0.6 is 0 Å². The summed E-state index contributed by atoms with van der Waals surface area (Å²) in [5, 5.41) is 0. The first-order valence-electron chi connectivity index (χ1n) is 5.54. The zero-order valence-electron chi connectivity index (χ0n) is 9.16. The Morgan fingerprint density at radius 3 is 2.31 bits per heavy atom. The highest BCUT2D eigenvalue weighted by Gasteiger charge is 2.32. The van der Waals surface area contributed by atoms with Crippen LogP contribution in [0.5, 0.6) is 0 Å². The van der Waals surface area contributed by atoms with Gasteiger partial charge in [-0.3, -0.25) is 0 Å². The van der Waals surface area contributed by atoms with Crippen LogP contribution < -0.4 is 0 Å². The second kappa shape index (κ2) is 3.58. The van der Waals surface area contributed by atoms with Crippen LogP contribution in [0.1, 0.15) is 19.8 Å². The third-order valence-electron chi connectivity index (χ3n) is 3.64. The molecule has 2 aliphatic rings. The van der Waals surface area contributed by atoms with Crippen molar-refractivity contribution in [2.45, 2.75) is 25.8 Å². The van der Waals surface area contributed by atoms with Gasteiger partial charge >= 0.3 is 0 Å². The van der Waals surface area contributed by atoms with E-state index in [9.17, 15) is 0 Å². The zero-order valence-corrected chi connectivity index (χ0v) is 9.16. The first-order valence-corrected chi connectivity index (χ1v) is 5.54. The zero-order chi connectivity index (χ0) is 9.42. The Bertz CT molecular complexity index is 175. The number of hydrogen-bond donors (Lipinski definition) is 0. The van der Waals surface area contributed by atoms with Gasteiger partial charge in [-0.15, -0.1) is 0 Å². The van der Waals surface area contributed by atoms with Crippen LogP contribution in [0.15, 0.2) is 0 Å². The lowest BCUT2D eigenvalue weighted by atomic mass is 9.91. The highest BCUT2D eigenvalue weighted by molar-refractivity contribution is 4.87. The Morgan fingerprint density at radius 2 is 1.85 bits per heavy atom. The topological polar surface area (TPSA) is 6.48 Å².